The van der Waals surface area contributed by atoms with E-state index in [-0.39, 0.29) is 19.0 Å². The molecular weight excluding hydrogens is 340 g/mol. The van der Waals surface area contributed by atoms with Crippen LogP contribution in [0.25, 0.3) is 0 Å². The van der Waals surface area contributed by atoms with Crippen LogP contribution in [0.15, 0.2) is 35.2 Å². The Kier molecular flexibility index (Phi) is 4.91. The van der Waals surface area contributed by atoms with Gasteiger partial charge in [0.2, 0.25) is 10.0 Å². The SMILES string of the molecule is CCc1ccc(S(=O)(=O)N2CCN(C(=O)c3cc(C)[nH]n3)CC2)cc1. The monoisotopic (exact) mass is 362 g/mol. The molecule has 7 nitrogen and oxygen atoms in total. The molecule has 1 amide bonds. The molecule has 134 valence electrons. The highest BCUT2D eigenvalue weighted by atomic mass is 32.2. The van der Waals surface area contributed by atoms with Crippen LogP contribution >= 0.6 is 0 Å². The number of aromatic amines is 1. The summed E-state index contributed by atoms with van der Waals surface area (Å²) in [6, 6.07) is 8.68. The Morgan fingerprint density at radius 1 is 1.16 bits per heavy atom. The Morgan fingerprint density at radius 2 is 1.80 bits per heavy atom. The van der Waals surface area contributed by atoms with Crippen molar-refractivity contribution >= 4 is 15.9 Å². The number of amides is 1. The Balaban J connectivity index is 1.67. The summed E-state index contributed by atoms with van der Waals surface area (Å²) in [5.74, 6) is -0.173. The maximum Gasteiger partial charge on any atom is 0.274 e. The first-order valence-corrected chi connectivity index (χ1v) is 9.76. The van der Waals surface area contributed by atoms with Crippen molar-refractivity contribution in [3.63, 3.8) is 0 Å². The summed E-state index contributed by atoms with van der Waals surface area (Å²) in [5.41, 5.74) is 2.28. The Hall–Kier alpha value is -2.19. The van der Waals surface area contributed by atoms with Crippen molar-refractivity contribution in [1.82, 2.24) is 19.4 Å². The van der Waals surface area contributed by atoms with Crippen LogP contribution < -0.4 is 0 Å². The van der Waals surface area contributed by atoms with E-state index >= 15 is 0 Å². The van der Waals surface area contributed by atoms with Gasteiger partial charge in [0.05, 0.1) is 4.90 Å². The normalized spacial score (nSPS) is 16.2. The smallest absolute Gasteiger partial charge is 0.274 e. The summed E-state index contributed by atoms with van der Waals surface area (Å²) in [7, 11) is -3.52. The van der Waals surface area contributed by atoms with Crippen molar-refractivity contribution in [2.75, 3.05) is 26.2 Å². The topological polar surface area (TPSA) is 86.4 Å². The van der Waals surface area contributed by atoms with Crippen LogP contribution in [0.3, 0.4) is 0 Å². The molecule has 1 aliphatic rings. The third-order valence-corrected chi connectivity index (χ3v) is 6.33. The fraction of sp³-hybridized carbons (Fsp3) is 0.412. The number of benzene rings is 1. The van der Waals surface area contributed by atoms with Crippen molar-refractivity contribution in [2.45, 2.75) is 25.2 Å². The van der Waals surface area contributed by atoms with Gasteiger partial charge < -0.3 is 4.90 Å². The minimum Gasteiger partial charge on any atom is -0.335 e. The van der Waals surface area contributed by atoms with Gasteiger partial charge in [-0.2, -0.15) is 9.40 Å². The van der Waals surface area contributed by atoms with Gasteiger partial charge in [0, 0.05) is 31.9 Å². The number of carbonyl (C=O) groups excluding carboxylic acids is 1. The molecule has 2 heterocycles. The molecule has 0 bridgehead atoms. The van der Waals surface area contributed by atoms with Gasteiger partial charge in [-0.25, -0.2) is 8.42 Å². The fourth-order valence-electron chi connectivity index (χ4n) is 2.87. The molecule has 8 heteroatoms. The highest BCUT2D eigenvalue weighted by Crippen LogP contribution is 2.19. The van der Waals surface area contributed by atoms with Crippen LogP contribution in [0.2, 0.25) is 0 Å². The quantitative estimate of drug-likeness (QED) is 0.891. The van der Waals surface area contributed by atoms with Gasteiger partial charge >= 0.3 is 0 Å². The molecule has 0 atom stereocenters. The minimum absolute atomic E-state index is 0.173. The van der Waals surface area contributed by atoms with Crippen molar-refractivity contribution in [3.05, 3.63) is 47.3 Å². The number of nitrogens with one attached hydrogen (secondary N) is 1. The molecule has 0 unspecified atom stereocenters. The molecule has 1 aromatic carbocycles. The zero-order valence-corrected chi connectivity index (χ0v) is 15.2. The molecule has 0 aliphatic carbocycles. The molecule has 1 N–H and O–H groups in total. The average Bonchev–Trinajstić information content (AvgIpc) is 3.07. The first-order valence-electron chi connectivity index (χ1n) is 8.32. The molecule has 2 aromatic rings. The highest BCUT2D eigenvalue weighted by molar-refractivity contribution is 7.89. The van der Waals surface area contributed by atoms with E-state index in [0.717, 1.165) is 17.7 Å². The first-order chi connectivity index (χ1) is 11.9. The minimum atomic E-state index is -3.52. The van der Waals surface area contributed by atoms with Gasteiger partial charge in [-0.15, -0.1) is 0 Å². The number of aryl methyl sites for hydroxylation is 2. The Labute approximate surface area is 147 Å². The van der Waals surface area contributed by atoms with Crippen molar-refractivity contribution in [2.24, 2.45) is 0 Å². The summed E-state index contributed by atoms with van der Waals surface area (Å²) in [6.45, 7) is 5.15. The van der Waals surface area contributed by atoms with E-state index in [1.54, 1.807) is 23.1 Å². The Bertz CT molecular complexity index is 850. The molecule has 1 aromatic heterocycles. The second kappa shape index (κ2) is 6.97. The number of nitrogens with zero attached hydrogens (tertiary/aromatic N) is 3. The van der Waals surface area contributed by atoms with Crippen LogP contribution in [0, 0.1) is 6.92 Å². The second-order valence-electron chi connectivity index (χ2n) is 6.13. The molecule has 0 saturated carbocycles. The van der Waals surface area contributed by atoms with E-state index in [0.29, 0.717) is 23.7 Å². The number of rotatable bonds is 4. The second-order valence-corrected chi connectivity index (χ2v) is 8.07. The van der Waals surface area contributed by atoms with E-state index in [1.807, 2.05) is 26.0 Å². The lowest BCUT2D eigenvalue weighted by molar-refractivity contribution is 0.0692. The molecule has 1 fully saturated rings. The summed E-state index contributed by atoms with van der Waals surface area (Å²) >= 11 is 0. The van der Waals surface area contributed by atoms with Crippen LogP contribution in [-0.4, -0.2) is 59.9 Å². The average molecular weight is 362 g/mol. The number of H-pyrrole nitrogens is 1. The molecule has 25 heavy (non-hydrogen) atoms. The number of carbonyl (C=O) groups is 1. The Morgan fingerprint density at radius 3 is 2.32 bits per heavy atom. The summed E-state index contributed by atoms with van der Waals surface area (Å²) < 4.78 is 26.9. The number of hydrogen-bond acceptors (Lipinski definition) is 4. The number of hydrogen-bond donors (Lipinski definition) is 1. The van der Waals surface area contributed by atoms with E-state index in [4.69, 9.17) is 0 Å². The van der Waals surface area contributed by atoms with Gasteiger partial charge in [0.1, 0.15) is 5.69 Å². The molecular formula is C17H22N4O3S. The fourth-order valence-corrected chi connectivity index (χ4v) is 4.29. The summed E-state index contributed by atoms with van der Waals surface area (Å²) in [5, 5.41) is 6.72. The lowest BCUT2D eigenvalue weighted by Crippen LogP contribution is -2.50. The van der Waals surface area contributed by atoms with E-state index in [2.05, 4.69) is 10.2 Å². The standard InChI is InChI=1S/C17H22N4O3S/c1-3-14-4-6-15(7-5-14)25(23,24)21-10-8-20(9-11-21)17(22)16-12-13(2)18-19-16/h4-7,12H,3,8-11H2,1-2H3,(H,18,19). The van der Waals surface area contributed by atoms with Gasteiger partial charge in [0.15, 0.2) is 0 Å². The maximum atomic E-state index is 12.7. The van der Waals surface area contributed by atoms with Crippen molar-refractivity contribution in [1.29, 1.82) is 0 Å². The van der Waals surface area contributed by atoms with Gasteiger partial charge in [-0.3, -0.25) is 9.89 Å². The number of aromatic nitrogens is 2. The van der Waals surface area contributed by atoms with Crippen LogP contribution in [-0.2, 0) is 16.4 Å². The molecule has 3 rings (SSSR count). The first kappa shape index (κ1) is 17.6. The summed E-state index contributed by atoms with van der Waals surface area (Å²) in [6.07, 6.45) is 0.869. The highest BCUT2D eigenvalue weighted by Gasteiger charge is 2.30. The molecule has 1 aliphatic heterocycles. The van der Waals surface area contributed by atoms with E-state index < -0.39 is 10.0 Å². The largest absolute Gasteiger partial charge is 0.335 e. The summed E-state index contributed by atoms with van der Waals surface area (Å²) in [4.78, 5) is 14.3. The van der Waals surface area contributed by atoms with Crippen LogP contribution in [0.5, 0.6) is 0 Å². The van der Waals surface area contributed by atoms with Crippen molar-refractivity contribution < 1.29 is 13.2 Å². The van der Waals surface area contributed by atoms with E-state index in [1.165, 1.54) is 4.31 Å². The molecule has 0 radical (unpaired) electrons. The maximum absolute atomic E-state index is 12.7. The lowest BCUT2D eigenvalue weighted by atomic mass is 10.2. The van der Waals surface area contributed by atoms with Crippen molar-refractivity contribution in [3.8, 4) is 0 Å². The lowest BCUT2D eigenvalue weighted by Gasteiger charge is -2.33. The van der Waals surface area contributed by atoms with Gasteiger partial charge in [0.25, 0.3) is 5.91 Å². The molecule has 0 spiro atoms. The number of piperazine rings is 1. The molecule has 1 saturated heterocycles. The zero-order chi connectivity index (χ0) is 18.0. The third kappa shape index (κ3) is 3.59. The van der Waals surface area contributed by atoms with Crippen LogP contribution in [0.1, 0.15) is 28.7 Å². The van der Waals surface area contributed by atoms with Crippen LogP contribution in [0.4, 0.5) is 0 Å². The van der Waals surface area contributed by atoms with Gasteiger partial charge in [-0.1, -0.05) is 19.1 Å². The zero-order valence-electron chi connectivity index (χ0n) is 14.4. The van der Waals surface area contributed by atoms with Gasteiger partial charge in [-0.05, 0) is 37.1 Å². The predicted octanol–water partition coefficient (Wildman–Crippen LogP) is 1.43. The predicted molar refractivity (Wildman–Crippen MR) is 93.8 cm³/mol. The van der Waals surface area contributed by atoms with E-state index in [9.17, 15) is 13.2 Å². The number of sulfonamides is 1. The third-order valence-electron chi connectivity index (χ3n) is 4.42.